The van der Waals surface area contributed by atoms with Crippen molar-refractivity contribution in [3.63, 3.8) is 0 Å². The number of rotatable bonds is 7. The Bertz CT molecular complexity index is 788. The lowest BCUT2D eigenvalue weighted by atomic mass is 9.93. The van der Waals surface area contributed by atoms with Crippen molar-refractivity contribution < 1.29 is 0 Å². The lowest BCUT2D eigenvalue weighted by Gasteiger charge is -2.45. The van der Waals surface area contributed by atoms with Crippen LogP contribution in [0, 0.1) is 0 Å². The molecular formula is C24H25ClN2. The highest BCUT2D eigenvalue weighted by Crippen LogP contribution is 2.32. The molecule has 0 aliphatic carbocycles. The first-order valence-corrected chi connectivity index (χ1v) is 9.99. The van der Waals surface area contributed by atoms with Gasteiger partial charge in [-0.25, -0.2) is 0 Å². The molecule has 2 nitrogen and oxygen atoms in total. The van der Waals surface area contributed by atoms with Crippen LogP contribution in [0.2, 0.25) is 5.02 Å². The lowest BCUT2D eigenvalue weighted by molar-refractivity contribution is 0.0936. The van der Waals surface area contributed by atoms with Gasteiger partial charge in [0.2, 0.25) is 0 Å². The molecule has 0 radical (unpaired) electrons. The summed E-state index contributed by atoms with van der Waals surface area (Å²) in [7, 11) is 0. The molecule has 0 aromatic heterocycles. The van der Waals surface area contributed by atoms with Gasteiger partial charge in [-0.05, 0) is 41.8 Å². The van der Waals surface area contributed by atoms with E-state index in [0.29, 0.717) is 12.1 Å². The van der Waals surface area contributed by atoms with Gasteiger partial charge < -0.3 is 5.32 Å². The summed E-state index contributed by atoms with van der Waals surface area (Å²) < 4.78 is 0. The van der Waals surface area contributed by atoms with E-state index in [4.69, 9.17) is 11.6 Å². The summed E-state index contributed by atoms with van der Waals surface area (Å²) in [6.45, 7) is 3.16. The monoisotopic (exact) mass is 376 g/mol. The Morgan fingerprint density at radius 2 is 1.37 bits per heavy atom. The van der Waals surface area contributed by atoms with Crippen LogP contribution < -0.4 is 5.32 Å². The van der Waals surface area contributed by atoms with E-state index in [-0.39, 0.29) is 0 Å². The number of nitrogens with zero attached hydrogens (tertiary/aromatic N) is 1. The number of nitrogens with one attached hydrogen (secondary N) is 1. The number of benzene rings is 3. The second-order valence-electron chi connectivity index (χ2n) is 7.21. The molecule has 0 bridgehead atoms. The third-order valence-electron chi connectivity index (χ3n) is 5.27. The molecule has 3 heteroatoms. The molecule has 1 N–H and O–H groups in total. The minimum absolute atomic E-state index is 0.335. The molecule has 0 amide bonds. The van der Waals surface area contributed by atoms with E-state index in [1.807, 2.05) is 12.1 Å². The summed E-state index contributed by atoms with van der Waals surface area (Å²) in [5, 5.41) is 4.50. The minimum atomic E-state index is 0.335. The fourth-order valence-electron chi connectivity index (χ4n) is 3.81. The molecule has 1 saturated heterocycles. The molecule has 138 valence electrons. The van der Waals surface area contributed by atoms with Gasteiger partial charge in [0.05, 0.1) is 6.04 Å². The fourth-order valence-corrected chi connectivity index (χ4v) is 3.94. The Morgan fingerprint density at radius 1 is 0.815 bits per heavy atom. The number of hydrogen-bond acceptors (Lipinski definition) is 2. The summed E-state index contributed by atoms with van der Waals surface area (Å²) in [6, 6.07) is 30.7. The highest BCUT2D eigenvalue weighted by molar-refractivity contribution is 6.30. The van der Waals surface area contributed by atoms with E-state index in [9.17, 15) is 0 Å². The maximum absolute atomic E-state index is 5.95. The average Bonchev–Trinajstić information content (AvgIpc) is 2.69. The molecule has 0 saturated carbocycles. The van der Waals surface area contributed by atoms with Crippen LogP contribution in [0.1, 0.15) is 22.7 Å². The van der Waals surface area contributed by atoms with E-state index in [0.717, 1.165) is 31.1 Å². The van der Waals surface area contributed by atoms with Gasteiger partial charge in [0.1, 0.15) is 0 Å². The predicted octanol–water partition coefficient (Wildman–Crippen LogP) is 4.95. The largest absolute Gasteiger partial charge is 0.311 e. The molecule has 0 spiro atoms. The van der Waals surface area contributed by atoms with Crippen molar-refractivity contribution in [2.75, 3.05) is 19.6 Å². The van der Waals surface area contributed by atoms with Gasteiger partial charge in [-0.1, -0.05) is 84.4 Å². The van der Waals surface area contributed by atoms with Crippen molar-refractivity contribution in [3.8, 4) is 0 Å². The predicted molar refractivity (Wildman–Crippen MR) is 113 cm³/mol. The van der Waals surface area contributed by atoms with Crippen molar-refractivity contribution in [1.82, 2.24) is 10.2 Å². The van der Waals surface area contributed by atoms with E-state index >= 15 is 0 Å². The molecule has 1 aliphatic rings. The first-order valence-electron chi connectivity index (χ1n) is 9.61. The Labute approximate surface area is 166 Å². The molecule has 0 unspecified atom stereocenters. The highest BCUT2D eigenvalue weighted by atomic mass is 35.5. The lowest BCUT2D eigenvalue weighted by Crippen LogP contribution is -2.59. The first kappa shape index (κ1) is 18.2. The van der Waals surface area contributed by atoms with Crippen LogP contribution in [0.4, 0.5) is 0 Å². The average molecular weight is 377 g/mol. The van der Waals surface area contributed by atoms with Crippen LogP contribution in [-0.4, -0.2) is 30.6 Å². The van der Waals surface area contributed by atoms with Gasteiger partial charge in [-0.2, -0.15) is 0 Å². The van der Waals surface area contributed by atoms with Crippen LogP contribution in [0.25, 0.3) is 0 Å². The van der Waals surface area contributed by atoms with E-state index in [2.05, 4.69) is 83.0 Å². The Kier molecular flexibility index (Phi) is 5.88. The second kappa shape index (κ2) is 8.71. The van der Waals surface area contributed by atoms with Crippen molar-refractivity contribution in [1.29, 1.82) is 0 Å². The number of halogens is 1. The SMILES string of the molecule is Clc1ccc(CCNC2CN(C(c3ccccc3)c3ccccc3)C2)cc1. The maximum atomic E-state index is 5.95. The van der Waals surface area contributed by atoms with Gasteiger partial charge in [-0.3, -0.25) is 4.90 Å². The zero-order valence-corrected chi connectivity index (χ0v) is 16.1. The van der Waals surface area contributed by atoms with Crippen molar-refractivity contribution in [3.05, 3.63) is 107 Å². The summed E-state index contributed by atoms with van der Waals surface area (Å²) in [6.07, 6.45) is 1.04. The van der Waals surface area contributed by atoms with Gasteiger partial charge in [0.25, 0.3) is 0 Å². The molecule has 0 atom stereocenters. The smallest absolute Gasteiger partial charge is 0.0602 e. The third kappa shape index (κ3) is 4.59. The van der Waals surface area contributed by atoms with Crippen LogP contribution in [-0.2, 0) is 6.42 Å². The van der Waals surface area contributed by atoms with Crippen LogP contribution in [0.3, 0.4) is 0 Å². The van der Waals surface area contributed by atoms with Crippen molar-refractivity contribution in [2.45, 2.75) is 18.5 Å². The quantitative estimate of drug-likeness (QED) is 0.627. The van der Waals surface area contributed by atoms with Crippen LogP contribution in [0.5, 0.6) is 0 Å². The third-order valence-corrected chi connectivity index (χ3v) is 5.52. The molecule has 3 aromatic rings. The molecule has 4 rings (SSSR count). The zero-order valence-electron chi connectivity index (χ0n) is 15.4. The highest BCUT2D eigenvalue weighted by Gasteiger charge is 2.33. The summed E-state index contributed by atoms with van der Waals surface area (Å²) in [5.41, 5.74) is 4.06. The van der Waals surface area contributed by atoms with Gasteiger partial charge in [-0.15, -0.1) is 0 Å². The maximum Gasteiger partial charge on any atom is 0.0602 e. The Hall–Kier alpha value is -2.13. The molecule has 27 heavy (non-hydrogen) atoms. The summed E-state index contributed by atoms with van der Waals surface area (Å²) in [5.74, 6) is 0. The molecule has 1 fully saturated rings. The van der Waals surface area contributed by atoms with E-state index < -0.39 is 0 Å². The molecule has 1 aliphatic heterocycles. The van der Waals surface area contributed by atoms with E-state index in [1.165, 1.54) is 16.7 Å². The normalized spacial score (nSPS) is 15.0. The summed E-state index contributed by atoms with van der Waals surface area (Å²) >= 11 is 5.95. The van der Waals surface area contributed by atoms with Crippen molar-refractivity contribution >= 4 is 11.6 Å². The number of likely N-dealkylation sites (tertiary alicyclic amines) is 1. The van der Waals surface area contributed by atoms with Crippen LogP contribution >= 0.6 is 11.6 Å². The topological polar surface area (TPSA) is 15.3 Å². The van der Waals surface area contributed by atoms with Gasteiger partial charge >= 0.3 is 0 Å². The van der Waals surface area contributed by atoms with E-state index in [1.54, 1.807) is 0 Å². The Balaban J connectivity index is 1.34. The molecule has 1 heterocycles. The Morgan fingerprint density at radius 3 is 1.93 bits per heavy atom. The minimum Gasteiger partial charge on any atom is -0.311 e. The molecular weight excluding hydrogens is 352 g/mol. The standard InChI is InChI=1S/C24H25ClN2/c25-22-13-11-19(12-14-22)15-16-26-23-17-27(18-23)24(20-7-3-1-4-8-20)21-9-5-2-6-10-21/h1-14,23-24,26H,15-18H2. The van der Waals surface area contributed by atoms with Gasteiger partial charge in [0, 0.05) is 24.2 Å². The van der Waals surface area contributed by atoms with Crippen LogP contribution in [0.15, 0.2) is 84.9 Å². The van der Waals surface area contributed by atoms with Gasteiger partial charge in [0.15, 0.2) is 0 Å². The second-order valence-corrected chi connectivity index (χ2v) is 7.64. The molecule has 3 aromatic carbocycles. The zero-order chi connectivity index (χ0) is 18.5. The first-order chi connectivity index (χ1) is 13.3. The summed E-state index contributed by atoms with van der Waals surface area (Å²) in [4.78, 5) is 2.56. The fraction of sp³-hybridized carbons (Fsp3) is 0.250. The van der Waals surface area contributed by atoms with Crippen molar-refractivity contribution in [2.24, 2.45) is 0 Å². The number of hydrogen-bond donors (Lipinski definition) is 1.